The van der Waals surface area contributed by atoms with Crippen LogP contribution in [0, 0.1) is 6.92 Å². The van der Waals surface area contributed by atoms with Crippen LogP contribution in [0.1, 0.15) is 15.9 Å². The lowest BCUT2D eigenvalue weighted by molar-refractivity contribution is 0.102. The average Bonchev–Trinajstić information content (AvgIpc) is 2.41. The number of amides is 1. The van der Waals surface area contributed by atoms with Gasteiger partial charge in [-0.15, -0.1) is 0 Å². The Morgan fingerprint density at radius 3 is 2.61 bits per heavy atom. The lowest BCUT2D eigenvalue weighted by Crippen LogP contribution is -2.18. The molecule has 0 saturated carbocycles. The molecule has 0 aromatic carbocycles. The summed E-state index contributed by atoms with van der Waals surface area (Å²) in [5.74, 6) is 5.06. The van der Waals surface area contributed by atoms with E-state index < -0.39 is 0 Å². The van der Waals surface area contributed by atoms with Gasteiger partial charge < -0.3 is 10.7 Å². The van der Waals surface area contributed by atoms with E-state index in [1.54, 1.807) is 24.7 Å². The molecule has 0 atom stereocenters. The van der Waals surface area contributed by atoms with E-state index in [1.807, 2.05) is 13.0 Å². The molecule has 2 aromatic heterocycles. The SMILES string of the molecule is Cc1ccncc1NC(=O)c1cnccc1NN. The number of nitrogens with one attached hydrogen (secondary N) is 2. The summed E-state index contributed by atoms with van der Waals surface area (Å²) in [6.07, 6.45) is 6.28. The van der Waals surface area contributed by atoms with Crippen molar-refractivity contribution in [3.8, 4) is 0 Å². The standard InChI is InChI=1S/C12H13N5O/c1-8-2-4-15-7-11(8)16-12(18)9-6-14-5-3-10(9)17-13/h2-7H,13H2,1H3,(H,14,17)(H,16,18). The third kappa shape index (κ3) is 2.44. The summed E-state index contributed by atoms with van der Waals surface area (Å²) >= 11 is 0. The van der Waals surface area contributed by atoms with Crippen molar-refractivity contribution in [3.63, 3.8) is 0 Å². The Balaban J connectivity index is 2.25. The fourth-order valence-electron chi connectivity index (χ4n) is 1.49. The third-order valence-electron chi connectivity index (χ3n) is 2.51. The van der Waals surface area contributed by atoms with Crippen LogP contribution in [0.15, 0.2) is 36.9 Å². The number of aryl methyl sites for hydroxylation is 1. The van der Waals surface area contributed by atoms with Crippen LogP contribution < -0.4 is 16.6 Å². The van der Waals surface area contributed by atoms with Gasteiger partial charge in [-0.3, -0.25) is 20.6 Å². The molecule has 0 spiro atoms. The molecular weight excluding hydrogens is 230 g/mol. The fourth-order valence-corrected chi connectivity index (χ4v) is 1.49. The van der Waals surface area contributed by atoms with Crippen LogP contribution in [-0.4, -0.2) is 15.9 Å². The topological polar surface area (TPSA) is 92.9 Å². The number of hydrogen-bond donors (Lipinski definition) is 3. The summed E-state index contributed by atoms with van der Waals surface area (Å²) in [5, 5.41) is 2.76. The van der Waals surface area contributed by atoms with Gasteiger partial charge in [-0.25, -0.2) is 0 Å². The van der Waals surface area contributed by atoms with E-state index in [0.717, 1.165) is 5.56 Å². The van der Waals surface area contributed by atoms with Gasteiger partial charge in [-0.2, -0.15) is 0 Å². The zero-order valence-corrected chi connectivity index (χ0v) is 9.84. The molecule has 1 amide bonds. The van der Waals surface area contributed by atoms with Gasteiger partial charge in [-0.1, -0.05) is 0 Å². The molecule has 0 unspecified atom stereocenters. The smallest absolute Gasteiger partial charge is 0.259 e. The Labute approximate surface area is 104 Å². The first-order chi connectivity index (χ1) is 8.72. The molecule has 0 fully saturated rings. The summed E-state index contributed by atoms with van der Waals surface area (Å²) in [5.41, 5.74) is 4.95. The van der Waals surface area contributed by atoms with Crippen LogP contribution in [-0.2, 0) is 0 Å². The molecule has 6 nitrogen and oxygen atoms in total. The molecule has 92 valence electrons. The highest BCUT2D eigenvalue weighted by atomic mass is 16.1. The van der Waals surface area contributed by atoms with E-state index in [0.29, 0.717) is 16.9 Å². The zero-order valence-electron chi connectivity index (χ0n) is 9.84. The minimum absolute atomic E-state index is 0.285. The molecule has 0 aliphatic rings. The first-order valence-electron chi connectivity index (χ1n) is 5.35. The van der Waals surface area contributed by atoms with Crippen molar-refractivity contribution in [2.75, 3.05) is 10.7 Å². The van der Waals surface area contributed by atoms with Gasteiger partial charge in [0, 0.05) is 18.6 Å². The minimum Gasteiger partial charge on any atom is -0.323 e. The Kier molecular flexibility index (Phi) is 3.49. The Hall–Kier alpha value is -2.47. The third-order valence-corrected chi connectivity index (χ3v) is 2.51. The highest BCUT2D eigenvalue weighted by Crippen LogP contribution is 2.16. The van der Waals surface area contributed by atoms with Crippen LogP contribution in [0.2, 0.25) is 0 Å². The lowest BCUT2D eigenvalue weighted by atomic mass is 10.2. The maximum absolute atomic E-state index is 12.1. The van der Waals surface area contributed by atoms with Gasteiger partial charge in [0.05, 0.1) is 23.1 Å². The summed E-state index contributed by atoms with van der Waals surface area (Å²) in [6.45, 7) is 1.89. The second kappa shape index (κ2) is 5.24. The van der Waals surface area contributed by atoms with E-state index in [-0.39, 0.29) is 5.91 Å². The van der Waals surface area contributed by atoms with Crippen molar-refractivity contribution in [1.82, 2.24) is 9.97 Å². The second-order valence-electron chi connectivity index (χ2n) is 3.71. The Morgan fingerprint density at radius 2 is 1.89 bits per heavy atom. The van der Waals surface area contributed by atoms with Crippen LogP contribution >= 0.6 is 0 Å². The van der Waals surface area contributed by atoms with Crippen LogP contribution in [0.4, 0.5) is 11.4 Å². The van der Waals surface area contributed by atoms with Gasteiger partial charge in [0.25, 0.3) is 5.91 Å². The number of aromatic nitrogens is 2. The minimum atomic E-state index is -0.285. The number of carbonyl (C=O) groups is 1. The molecule has 0 aliphatic carbocycles. The van der Waals surface area contributed by atoms with Crippen LogP contribution in [0.3, 0.4) is 0 Å². The van der Waals surface area contributed by atoms with Gasteiger partial charge >= 0.3 is 0 Å². The number of nitrogens with zero attached hydrogens (tertiary/aromatic N) is 2. The average molecular weight is 243 g/mol. The van der Waals surface area contributed by atoms with Gasteiger partial charge in [0.2, 0.25) is 0 Å². The predicted molar refractivity (Wildman–Crippen MR) is 69.0 cm³/mol. The zero-order chi connectivity index (χ0) is 13.0. The summed E-state index contributed by atoms with van der Waals surface area (Å²) in [4.78, 5) is 19.9. The number of anilines is 2. The van der Waals surface area contributed by atoms with Gasteiger partial charge in [0.15, 0.2) is 0 Å². The van der Waals surface area contributed by atoms with Gasteiger partial charge in [0.1, 0.15) is 0 Å². The van der Waals surface area contributed by atoms with Crippen molar-refractivity contribution in [2.45, 2.75) is 6.92 Å². The summed E-state index contributed by atoms with van der Waals surface area (Å²) in [7, 11) is 0. The summed E-state index contributed by atoms with van der Waals surface area (Å²) < 4.78 is 0. The molecule has 0 bridgehead atoms. The van der Waals surface area contributed by atoms with E-state index in [1.165, 1.54) is 6.20 Å². The van der Waals surface area contributed by atoms with Crippen molar-refractivity contribution >= 4 is 17.3 Å². The highest BCUT2D eigenvalue weighted by Gasteiger charge is 2.12. The highest BCUT2D eigenvalue weighted by molar-refractivity contribution is 6.07. The van der Waals surface area contributed by atoms with Crippen molar-refractivity contribution in [2.24, 2.45) is 5.84 Å². The van der Waals surface area contributed by atoms with E-state index in [2.05, 4.69) is 20.7 Å². The molecule has 6 heteroatoms. The van der Waals surface area contributed by atoms with E-state index in [4.69, 9.17) is 5.84 Å². The first-order valence-corrected chi connectivity index (χ1v) is 5.35. The largest absolute Gasteiger partial charge is 0.323 e. The molecular formula is C12H13N5O. The maximum atomic E-state index is 12.1. The number of nitrogens with two attached hydrogens (primary N) is 1. The second-order valence-corrected chi connectivity index (χ2v) is 3.71. The number of hydrazine groups is 1. The number of carbonyl (C=O) groups excluding carboxylic acids is 1. The number of hydrogen-bond acceptors (Lipinski definition) is 5. The molecule has 4 N–H and O–H groups in total. The van der Waals surface area contributed by atoms with Crippen molar-refractivity contribution < 1.29 is 4.79 Å². The maximum Gasteiger partial charge on any atom is 0.259 e. The monoisotopic (exact) mass is 243 g/mol. The van der Waals surface area contributed by atoms with Crippen molar-refractivity contribution in [3.05, 3.63) is 48.0 Å². The molecule has 0 radical (unpaired) electrons. The predicted octanol–water partition coefficient (Wildman–Crippen LogP) is 1.32. The normalized spacial score (nSPS) is 9.89. The molecule has 2 heterocycles. The first kappa shape index (κ1) is 12.0. The Morgan fingerprint density at radius 1 is 1.17 bits per heavy atom. The number of nitrogen functional groups attached to an aromatic ring is 1. The summed E-state index contributed by atoms with van der Waals surface area (Å²) in [6, 6.07) is 3.45. The number of pyridine rings is 2. The van der Waals surface area contributed by atoms with Crippen molar-refractivity contribution in [1.29, 1.82) is 0 Å². The number of rotatable bonds is 3. The van der Waals surface area contributed by atoms with Gasteiger partial charge in [-0.05, 0) is 24.6 Å². The van der Waals surface area contributed by atoms with Crippen LogP contribution in [0.5, 0.6) is 0 Å². The molecule has 2 rings (SSSR count). The lowest BCUT2D eigenvalue weighted by Gasteiger charge is -2.10. The Bertz CT molecular complexity index is 570. The van der Waals surface area contributed by atoms with Crippen LogP contribution in [0.25, 0.3) is 0 Å². The quantitative estimate of drug-likeness (QED) is 0.558. The molecule has 2 aromatic rings. The van der Waals surface area contributed by atoms with E-state index in [9.17, 15) is 4.79 Å². The fraction of sp³-hybridized carbons (Fsp3) is 0.0833. The molecule has 0 saturated heterocycles. The molecule has 0 aliphatic heterocycles. The van der Waals surface area contributed by atoms with E-state index >= 15 is 0 Å². The molecule has 18 heavy (non-hydrogen) atoms.